The summed E-state index contributed by atoms with van der Waals surface area (Å²) in [4.78, 5) is 14.6. The number of anilines is 1. The number of carbonyl (C=O) groups is 1. The van der Waals surface area contributed by atoms with Crippen molar-refractivity contribution >= 4 is 28.8 Å². The van der Waals surface area contributed by atoms with Crippen LogP contribution in [0.3, 0.4) is 0 Å². The number of rotatable bonds is 5. The van der Waals surface area contributed by atoms with Gasteiger partial charge in [-0.1, -0.05) is 19.3 Å². The SMILES string of the molecule is O=C(CNC(=S)NC1CCCCC1)c1ccc(N2CCOCC2)cc1. The van der Waals surface area contributed by atoms with Crippen LogP contribution in [0.4, 0.5) is 5.69 Å². The van der Waals surface area contributed by atoms with Crippen molar-refractivity contribution in [3.63, 3.8) is 0 Å². The van der Waals surface area contributed by atoms with Gasteiger partial charge in [-0.3, -0.25) is 4.79 Å². The van der Waals surface area contributed by atoms with Gasteiger partial charge in [-0.2, -0.15) is 0 Å². The van der Waals surface area contributed by atoms with Gasteiger partial charge in [0.25, 0.3) is 0 Å². The van der Waals surface area contributed by atoms with Crippen molar-refractivity contribution in [2.24, 2.45) is 0 Å². The van der Waals surface area contributed by atoms with Gasteiger partial charge in [0.2, 0.25) is 0 Å². The number of carbonyl (C=O) groups excluding carboxylic acids is 1. The average Bonchev–Trinajstić information content (AvgIpc) is 2.68. The molecule has 25 heavy (non-hydrogen) atoms. The van der Waals surface area contributed by atoms with E-state index in [0.717, 1.165) is 32.0 Å². The Bertz CT molecular complexity index is 579. The quantitative estimate of drug-likeness (QED) is 0.621. The summed E-state index contributed by atoms with van der Waals surface area (Å²) >= 11 is 5.32. The molecule has 0 atom stereocenters. The van der Waals surface area contributed by atoms with Crippen molar-refractivity contribution in [2.75, 3.05) is 37.7 Å². The molecule has 0 unspecified atom stereocenters. The Morgan fingerprint density at radius 3 is 2.48 bits per heavy atom. The van der Waals surface area contributed by atoms with Crippen LogP contribution in [0.5, 0.6) is 0 Å². The first-order chi connectivity index (χ1) is 12.2. The number of ether oxygens (including phenoxy) is 1. The lowest BCUT2D eigenvalue weighted by Gasteiger charge is -2.28. The molecule has 1 heterocycles. The maximum atomic E-state index is 12.3. The zero-order chi connectivity index (χ0) is 17.5. The Morgan fingerprint density at radius 1 is 1.12 bits per heavy atom. The van der Waals surface area contributed by atoms with Crippen LogP contribution in [0.15, 0.2) is 24.3 Å². The predicted octanol–water partition coefficient (Wildman–Crippen LogP) is 2.50. The lowest BCUT2D eigenvalue weighted by molar-refractivity contribution is 0.0996. The molecule has 5 nitrogen and oxygen atoms in total. The van der Waals surface area contributed by atoms with Crippen molar-refractivity contribution in [3.8, 4) is 0 Å². The standard InChI is InChI=1S/C19H27N3O2S/c23-18(14-20-19(25)21-16-4-2-1-3-5-16)15-6-8-17(9-7-15)22-10-12-24-13-11-22/h6-9,16H,1-5,10-14H2,(H2,20,21,25). The zero-order valence-corrected chi connectivity index (χ0v) is 15.4. The van der Waals surface area contributed by atoms with Gasteiger partial charge in [-0.05, 0) is 49.3 Å². The Morgan fingerprint density at radius 2 is 1.80 bits per heavy atom. The van der Waals surface area contributed by atoms with Gasteiger partial charge in [-0.25, -0.2) is 0 Å². The number of benzene rings is 1. The molecule has 0 amide bonds. The van der Waals surface area contributed by atoms with Crippen LogP contribution < -0.4 is 15.5 Å². The third-order valence-electron chi connectivity index (χ3n) is 4.92. The molecule has 0 aromatic heterocycles. The summed E-state index contributed by atoms with van der Waals surface area (Å²) in [7, 11) is 0. The second-order valence-electron chi connectivity index (χ2n) is 6.73. The molecule has 6 heteroatoms. The summed E-state index contributed by atoms with van der Waals surface area (Å²) in [6, 6.07) is 8.27. The smallest absolute Gasteiger partial charge is 0.181 e. The summed E-state index contributed by atoms with van der Waals surface area (Å²) in [5, 5.41) is 6.97. The second-order valence-corrected chi connectivity index (χ2v) is 7.14. The molecule has 1 aromatic rings. The first-order valence-corrected chi connectivity index (χ1v) is 9.63. The van der Waals surface area contributed by atoms with E-state index in [9.17, 15) is 4.79 Å². The lowest BCUT2D eigenvalue weighted by Crippen LogP contribution is -2.44. The number of Topliss-reactive ketones (excluding diaryl/α,β-unsaturated/α-hetero) is 1. The fraction of sp³-hybridized carbons (Fsp3) is 0.579. The highest BCUT2D eigenvalue weighted by Crippen LogP contribution is 2.18. The highest BCUT2D eigenvalue weighted by atomic mass is 32.1. The Balaban J connectivity index is 1.45. The Kier molecular flexibility index (Phi) is 6.64. The average molecular weight is 362 g/mol. The van der Waals surface area contributed by atoms with Gasteiger partial charge in [0.05, 0.1) is 19.8 Å². The van der Waals surface area contributed by atoms with Crippen LogP contribution in [-0.4, -0.2) is 49.8 Å². The third kappa shape index (κ3) is 5.41. The van der Waals surface area contributed by atoms with Crippen molar-refractivity contribution < 1.29 is 9.53 Å². The van der Waals surface area contributed by atoms with Gasteiger partial charge in [-0.15, -0.1) is 0 Å². The number of nitrogens with one attached hydrogen (secondary N) is 2. The highest BCUT2D eigenvalue weighted by Gasteiger charge is 2.15. The molecule has 1 aliphatic carbocycles. The maximum absolute atomic E-state index is 12.3. The summed E-state index contributed by atoms with van der Waals surface area (Å²) in [6.45, 7) is 3.55. The van der Waals surface area contributed by atoms with E-state index < -0.39 is 0 Å². The van der Waals surface area contributed by atoms with E-state index in [1.54, 1.807) is 0 Å². The predicted molar refractivity (Wildman–Crippen MR) is 104 cm³/mol. The topological polar surface area (TPSA) is 53.6 Å². The van der Waals surface area contributed by atoms with Crippen LogP contribution in [0.1, 0.15) is 42.5 Å². The van der Waals surface area contributed by atoms with Crippen LogP contribution in [0.2, 0.25) is 0 Å². The number of thiocarbonyl (C=S) groups is 1. The molecule has 0 bridgehead atoms. The number of hydrogen-bond donors (Lipinski definition) is 2. The van der Waals surface area contributed by atoms with Crippen LogP contribution in [-0.2, 0) is 4.74 Å². The second kappa shape index (κ2) is 9.15. The van der Waals surface area contributed by atoms with E-state index in [4.69, 9.17) is 17.0 Å². The molecule has 2 aliphatic rings. The lowest BCUT2D eigenvalue weighted by atomic mass is 9.96. The largest absolute Gasteiger partial charge is 0.378 e. The van der Waals surface area contributed by atoms with Crippen LogP contribution in [0, 0.1) is 0 Å². The van der Waals surface area contributed by atoms with E-state index in [1.165, 1.54) is 32.1 Å². The molecular formula is C19H27N3O2S. The summed E-state index contributed by atoms with van der Waals surface area (Å²) in [5.74, 6) is 0.0568. The number of morpholine rings is 1. The molecule has 136 valence electrons. The maximum Gasteiger partial charge on any atom is 0.181 e. The van der Waals surface area contributed by atoms with E-state index >= 15 is 0 Å². The fourth-order valence-electron chi connectivity index (χ4n) is 3.43. The van der Waals surface area contributed by atoms with Crippen molar-refractivity contribution in [3.05, 3.63) is 29.8 Å². The molecule has 1 aliphatic heterocycles. The van der Waals surface area contributed by atoms with E-state index in [2.05, 4.69) is 15.5 Å². The van der Waals surface area contributed by atoms with Crippen LogP contribution >= 0.6 is 12.2 Å². The molecule has 1 saturated heterocycles. The molecule has 0 spiro atoms. The summed E-state index contributed by atoms with van der Waals surface area (Å²) < 4.78 is 5.37. The number of hydrogen-bond acceptors (Lipinski definition) is 4. The minimum Gasteiger partial charge on any atom is -0.378 e. The first kappa shape index (κ1) is 18.1. The molecule has 0 radical (unpaired) electrons. The summed E-state index contributed by atoms with van der Waals surface area (Å²) in [5.41, 5.74) is 1.85. The normalized spacial score (nSPS) is 18.6. The fourth-order valence-corrected chi connectivity index (χ4v) is 3.66. The Hall–Kier alpha value is -1.66. The number of ketones is 1. The van der Waals surface area contributed by atoms with Gasteiger partial charge in [0.15, 0.2) is 10.9 Å². The monoisotopic (exact) mass is 361 g/mol. The molecule has 2 fully saturated rings. The molecule has 3 rings (SSSR count). The molecule has 1 saturated carbocycles. The Labute approximate surface area is 155 Å². The van der Waals surface area contributed by atoms with Gasteiger partial charge in [0.1, 0.15) is 0 Å². The van der Waals surface area contributed by atoms with Gasteiger partial charge < -0.3 is 20.3 Å². The van der Waals surface area contributed by atoms with Crippen LogP contribution in [0.25, 0.3) is 0 Å². The third-order valence-corrected chi connectivity index (χ3v) is 5.18. The zero-order valence-electron chi connectivity index (χ0n) is 14.6. The van der Waals surface area contributed by atoms with Crippen molar-refractivity contribution in [1.82, 2.24) is 10.6 Å². The van der Waals surface area contributed by atoms with E-state index in [-0.39, 0.29) is 12.3 Å². The van der Waals surface area contributed by atoms with Crippen molar-refractivity contribution in [1.29, 1.82) is 0 Å². The number of nitrogens with zero attached hydrogens (tertiary/aromatic N) is 1. The molecule has 1 aromatic carbocycles. The minimum absolute atomic E-state index is 0.0568. The summed E-state index contributed by atoms with van der Waals surface area (Å²) in [6.07, 6.45) is 6.16. The first-order valence-electron chi connectivity index (χ1n) is 9.23. The molecule has 2 N–H and O–H groups in total. The van der Waals surface area contributed by atoms with E-state index in [0.29, 0.717) is 16.7 Å². The van der Waals surface area contributed by atoms with E-state index in [1.807, 2.05) is 24.3 Å². The highest BCUT2D eigenvalue weighted by molar-refractivity contribution is 7.80. The minimum atomic E-state index is 0.0568. The molecular weight excluding hydrogens is 334 g/mol. The van der Waals surface area contributed by atoms with Gasteiger partial charge >= 0.3 is 0 Å². The van der Waals surface area contributed by atoms with Gasteiger partial charge in [0, 0.05) is 30.4 Å². The van der Waals surface area contributed by atoms with Crippen molar-refractivity contribution in [2.45, 2.75) is 38.1 Å².